The van der Waals surface area contributed by atoms with E-state index in [2.05, 4.69) is 15.2 Å². The molecule has 3 aliphatic rings. The summed E-state index contributed by atoms with van der Waals surface area (Å²) < 4.78 is 22.6. The van der Waals surface area contributed by atoms with E-state index in [1.54, 1.807) is 36.4 Å². The third kappa shape index (κ3) is 2.94. The summed E-state index contributed by atoms with van der Waals surface area (Å²) in [6.45, 7) is 0.519. The number of carbonyl (C=O) groups is 2. The average Bonchev–Trinajstić information content (AvgIpc) is 3.58. The van der Waals surface area contributed by atoms with Crippen molar-refractivity contribution in [2.24, 2.45) is 0 Å². The Hall–Kier alpha value is -3.46. The van der Waals surface area contributed by atoms with Crippen molar-refractivity contribution >= 4 is 51.8 Å². The molecule has 4 heterocycles. The molecule has 37 heavy (non-hydrogen) atoms. The predicted molar refractivity (Wildman–Crippen MR) is 137 cm³/mol. The van der Waals surface area contributed by atoms with Gasteiger partial charge in [0.15, 0.2) is 0 Å². The lowest BCUT2D eigenvalue weighted by atomic mass is 9.71. The lowest BCUT2D eigenvalue weighted by molar-refractivity contribution is -0.122. The summed E-state index contributed by atoms with van der Waals surface area (Å²) in [4.78, 5) is 30.8. The summed E-state index contributed by atoms with van der Waals surface area (Å²) in [6, 6.07) is 15.1. The number of amides is 1. The monoisotopic (exact) mass is 536 g/mol. The fraction of sp³-hybridized carbons (Fsp3) is 0.222. The molecule has 0 aliphatic carbocycles. The molecule has 1 saturated heterocycles. The van der Waals surface area contributed by atoms with E-state index < -0.39 is 23.2 Å². The van der Waals surface area contributed by atoms with Gasteiger partial charge in [0.1, 0.15) is 17.2 Å². The Morgan fingerprint density at radius 3 is 2.84 bits per heavy atom. The maximum absolute atomic E-state index is 15.7. The molecule has 1 aromatic heterocycles. The zero-order chi connectivity index (χ0) is 25.6. The van der Waals surface area contributed by atoms with E-state index in [0.717, 1.165) is 5.52 Å². The van der Waals surface area contributed by atoms with Gasteiger partial charge in [-0.05, 0) is 42.0 Å². The molecule has 2 N–H and O–H groups in total. The molecule has 4 aromatic rings. The number of imidazole rings is 1. The normalized spacial score (nSPS) is 25.3. The van der Waals surface area contributed by atoms with Crippen LogP contribution in [0.1, 0.15) is 39.1 Å². The summed E-state index contributed by atoms with van der Waals surface area (Å²) in [5.41, 5.74) is 2.25. The zero-order valence-electron chi connectivity index (χ0n) is 19.4. The van der Waals surface area contributed by atoms with Crippen LogP contribution in [-0.2, 0) is 21.6 Å². The zero-order valence-corrected chi connectivity index (χ0v) is 20.9. The van der Waals surface area contributed by atoms with E-state index in [-0.39, 0.29) is 22.9 Å². The number of hydrogen-bond donors (Lipinski definition) is 2. The first-order valence-electron chi connectivity index (χ1n) is 11.7. The van der Waals surface area contributed by atoms with Crippen LogP contribution in [0.5, 0.6) is 0 Å². The molecule has 0 unspecified atom stereocenters. The minimum absolute atomic E-state index is 0.0138. The second kappa shape index (κ2) is 7.77. The van der Waals surface area contributed by atoms with Gasteiger partial charge in [-0.2, -0.15) is 0 Å². The Labute approximate surface area is 220 Å². The second-order valence-electron chi connectivity index (χ2n) is 9.63. The highest BCUT2D eigenvalue weighted by atomic mass is 35.5. The highest BCUT2D eigenvalue weighted by molar-refractivity contribution is 6.31. The molecular formula is C27H19Cl2FN4O3. The van der Waals surface area contributed by atoms with Gasteiger partial charge in [-0.3, -0.25) is 10.1 Å². The molecule has 0 radical (unpaired) electrons. The van der Waals surface area contributed by atoms with Crippen LogP contribution in [0, 0.1) is 5.82 Å². The molecule has 3 aliphatic heterocycles. The minimum Gasteiger partial charge on any atom is -0.465 e. The van der Waals surface area contributed by atoms with Crippen molar-refractivity contribution in [2.45, 2.75) is 30.0 Å². The first-order valence-corrected chi connectivity index (χ1v) is 12.5. The topological polar surface area (TPSA) is 85.2 Å². The first-order chi connectivity index (χ1) is 17.8. The first kappa shape index (κ1) is 22.7. The van der Waals surface area contributed by atoms with Gasteiger partial charge >= 0.3 is 5.97 Å². The number of rotatable bonds is 2. The number of methoxy groups -OCH3 is 1. The van der Waals surface area contributed by atoms with Crippen LogP contribution in [0.2, 0.25) is 10.0 Å². The SMILES string of the molecule is COC(=O)c1ccc2c(c1)nc1n2C[C@@H]2N[C@@]3(C(=O)Nc4cc(Cl)ccc43)[C@@H](c3cccc(Cl)c3F)[C@H]12. The fourth-order valence-corrected chi connectivity index (χ4v) is 6.80. The number of carbonyl (C=O) groups excluding carboxylic acids is 2. The number of fused-ring (bicyclic) bond motifs is 7. The highest BCUT2D eigenvalue weighted by Crippen LogP contribution is 2.59. The van der Waals surface area contributed by atoms with Crippen LogP contribution >= 0.6 is 23.2 Å². The molecule has 186 valence electrons. The van der Waals surface area contributed by atoms with Gasteiger partial charge in [0, 0.05) is 40.7 Å². The fourth-order valence-electron chi connectivity index (χ4n) is 6.44. The van der Waals surface area contributed by atoms with Crippen molar-refractivity contribution in [1.82, 2.24) is 14.9 Å². The standard InChI is InChI=1S/C27H19Cl2FN4O3/c1-37-25(35)12-5-8-20-18(9-12)31-24-21-19(11-34(20)24)33-27(22(21)14-3-2-4-16(29)23(14)30)15-7-6-13(28)10-17(15)32-26(27)36/h2-10,19,21-22,33H,11H2,1H3,(H,32,36)/t19-,21+,22-,27+/m0/s1. The number of aromatic nitrogens is 2. The Kier molecular flexibility index (Phi) is 4.77. The van der Waals surface area contributed by atoms with Crippen molar-refractivity contribution in [2.75, 3.05) is 12.4 Å². The molecular weight excluding hydrogens is 518 g/mol. The summed E-state index contributed by atoms with van der Waals surface area (Å²) in [6.07, 6.45) is 0. The van der Waals surface area contributed by atoms with Gasteiger partial charge in [-0.25, -0.2) is 14.2 Å². The Morgan fingerprint density at radius 1 is 1.19 bits per heavy atom. The molecule has 0 bridgehead atoms. The van der Waals surface area contributed by atoms with Gasteiger partial charge in [0.05, 0.1) is 28.7 Å². The number of ether oxygens (including phenoxy) is 1. The Morgan fingerprint density at radius 2 is 2.03 bits per heavy atom. The van der Waals surface area contributed by atoms with Crippen molar-refractivity contribution in [1.29, 1.82) is 0 Å². The highest BCUT2D eigenvalue weighted by Gasteiger charge is 2.65. The number of esters is 1. The summed E-state index contributed by atoms with van der Waals surface area (Å²) in [5, 5.41) is 7.01. The largest absolute Gasteiger partial charge is 0.465 e. The maximum atomic E-state index is 15.7. The van der Waals surface area contributed by atoms with Crippen LogP contribution in [0.3, 0.4) is 0 Å². The molecule has 7 nitrogen and oxygen atoms in total. The number of hydrogen-bond acceptors (Lipinski definition) is 5. The second-order valence-corrected chi connectivity index (χ2v) is 10.5. The molecule has 0 saturated carbocycles. The summed E-state index contributed by atoms with van der Waals surface area (Å²) in [7, 11) is 1.33. The van der Waals surface area contributed by atoms with Crippen LogP contribution in [0.25, 0.3) is 11.0 Å². The van der Waals surface area contributed by atoms with Crippen molar-refractivity contribution in [3.8, 4) is 0 Å². The molecule has 1 amide bonds. The smallest absolute Gasteiger partial charge is 0.337 e. The van der Waals surface area contributed by atoms with Gasteiger partial charge in [-0.15, -0.1) is 0 Å². The molecule has 1 fully saturated rings. The van der Waals surface area contributed by atoms with Crippen LogP contribution in [0.15, 0.2) is 54.6 Å². The quantitative estimate of drug-likeness (QED) is 0.353. The maximum Gasteiger partial charge on any atom is 0.337 e. The summed E-state index contributed by atoms with van der Waals surface area (Å²) in [5.74, 6) is -1.59. The van der Waals surface area contributed by atoms with Gasteiger partial charge < -0.3 is 14.6 Å². The minimum atomic E-state index is -1.25. The van der Waals surface area contributed by atoms with Crippen LogP contribution in [-0.4, -0.2) is 34.6 Å². The molecule has 10 heteroatoms. The lowest BCUT2D eigenvalue weighted by Crippen LogP contribution is -2.49. The van der Waals surface area contributed by atoms with Crippen LogP contribution in [0.4, 0.5) is 10.1 Å². The number of nitrogens with one attached hydrogen (secondary N) is 2. The number of benzene rings is 3. The Balaban J connectivity index is 1.46. The lowest BCUT2D eigenvalue weighted by Gasteiger charge is -2.32. The molecule has 7 rings (SSSR count). The molecule has 1 spiro atoms. The van der Waals surface area contributed by atoms with Crippen LogP contribution < -0.4 is 10.6 Å². The van der Waals surface area contributed by atoms with Crippen molar-refractivity contribution in [3.63, 3.8) is 0 Å². The Bertz CT molecular complexity index is 1670. The van der Waals surface area contributed by atoms with Crippen molar-refractivity contribution in [3.05, 3.63) is 93.0 Å². The third-order valence-electron chi connectivity index (χ3n) is 7.88. The van der Waals surface area contributed by atoms with E-state index in [1.165, 1.54) is 13.2 Å². The van der Waals surface area contributed by atoms with Gasteiger partial charge in [0.2, 0.25) is 5.91 Å². The summed E-state index contributed by atoms with van der Waals surface area (Å²) >= 11 is 12.5. The average molecular weight is 537 g/mol. The van der Waals surface area contributed by atoms with Gasteiger partial charge in [0.25, 0.3) is 0 Å². The third-order valence-corrected chi connectivity index (χ3v) is 8.40. The molecule has 3 aromatic carbocycles. The molecule has 4 atom stereocenters. The number of nitrogens with zero attached hydrogens (tertiary/aromatic N) is 2. The van der Waals surface area contributed by atoms with Gasteiger partial charge in [-0.1, -0.05) is 41.4 Å². The van der Waals surface area contributed by atoms with E-state index in [9.17, 15) is 9.59 Å². The van der Waals surface area contributed by atoms with E-state index in [1.807, 2.05) is 12.1 Å². The van der Waals surface area contributed by atoms with E-state index in [0.29, 0.717) is 45.3 Å². The predicted octanol–water partition coefficient (Wildman–Crippen LogP) is 4.97. The van der Waals surface area contributed by atoms with E-state index in [4.69, 9.17) is 32.9 Å². The van der Waals surface area contributed by atoms with Crippen molar-refractivity contribution < 1.29 is 18.7 Å². The number of anilines is 1. The van der Waals surface area contributed by atoms with E-state index >= 15 is 4.39 Å². The number of halogens is 3.